The van der Waals surface area contributed by atoms with E-state index in [-0.39, 0.29) is 18.3 Å². The lowest BCUT2D eigenvalue weighted by Gasteiger charge is -2.12. The van der Waals surface area contributed by atoms with Crippen LogP contribution in [0.25, 0.3) is 0 Å². The van der Waals surface area contributed by atoms with Gasteiger partial charge in [-0.1, -0.05) is 18.2 Å². The molecule has 0 aromatic heterocycles. The molecule has 5 nitrogen and oxygen atoms in total. The Balaban J connectivity index is 2.03. The topological polar surface area (TPSA) is 82.3 Å². The average molecular weight is 296 g/mol. The molecule has 0 aliphatic carbocycles. The van der Waals surface area contributed by atoms with Crippen LogP contribution < -0.4 is 10.1 Å². The molecule has 2 aromatic carbocycles. The first-order chi connectivity index (χ1) is 10.5. The van der Waals surface area contributed by atoms with E-state index in [1.165, 1.54) is 0 Å². The second-order valence-corrected chi connectivity index (χ2v) is 4.85. The summed E-state index contributed by atoms with van der Waals surface area (Å²) in [6.07, 6.45) is 0. The normalized spacial score (nSPS) is 9.86. The Hall–Kier alpha value is -3.00. The number of para-hydroxylation sites is 1. The maximum Gasteiger partial charge on any atom is 0.262 e. The van der Waals surface area contributed by atoms with Crippen molar-refractivity contribution in [1.29, 1.82) is 5.26 Å². The summed E-state index contributed by atoms with van der Waals surface area (Å²) in [5.41, 5.74) is 2.25. The zero-order valence-electron chi connectivity index (χ0n) is 12.4. The predicted molar refractivity (Wildman–Crippen MR) is 82.9 cm³/mol. The van der Waals surface area contributed by atoms with Crippen molar-refractivity contribution in [2.45, 2.75) is 13.8 Å². The number of nitrogens with one attached hydrogen (secondary N) is 1. The van der Waals surface area contributed by atoms with Gasteiger partial charge in [0.25, 0.3) is 5.91 Å². The lowest BCUT2D eigenvalue weighted by atomic mass is 10.1. The number of aromatic hydroxyl groups is 1. The number of ether oxygens (including phenoxy) is 1. The minimum atomic E-state index is -0.362. The molecule has 112 valence electrons. The molecule has 5 heteroatoms. The highest BCUT2D eigenvalue weighted by molar-refractivity contribution is 5.93. The number of rotatable bonds is 4. The molecule has 2 N–H and O–H groups in total. The molecule has 2 rings (SSSR count). The Morgan fingerprint density at radius 2 is 2.00 bits per heavy atom. The third-order valence-electron chi connectivity index (χ3n) is 3.27. The third-order valence-corrected chi connectivity index (χ3v) is 3.27. The van der Waals surface area contributed by atoms with Crippen molar-refractivity contribution >= 4 is 11.6 Å². The maximum atomic E-state index is 11.9. The fraction of sp³-hybridized carbons (Fsp3) is 0.176. The first kappa shape index (κ1) is 15.4. The molecule has 0 bridgehead atoms. The summed E-state index contributed by atoms with van der Waals surface area (Å²) in [7, 11) is 0. The van der Waals surface area contributed by atoms with Crippen molar-refractivity contribution in [3.05, 3.63) is 53.1 Å². The molecule has 1 amide bonds. The second-order valence-electron chi connectivity index (χ2n) is 4.85. The summed E-state index contributed by atoms with van der Waals surface area (Å²) in [6, 6.07) is 12.2. The molecule has 0 fully saturated rings. The van der Waals surface area contributed by atoms with Crippen LogP contribution in [0.4, 0.5) is 5.69 Å². The van der Waals surface area contributed by atoms with Crippen LogP contribution in [0.5, 0.6) is 11.5 Å². The lowest BCUT2D eigenvalue weighted by molar-refractivity contribution is -0.118. The summed E-state index contributed by atoms with van der Waals surface area (Å²) in [5.74, 6) is 0.163. The Kier molecular flexibility index (Phi) is 4.64. The SMILES string of the molecule is Cc1ccc(NC(=O)COc2ccccc2C#N)c(C)c1O. The van der Waals surface area contributed by atoms with Crippen molar-refractivity contribution in [2.24, 2.45) is 0 Å². The molecular weight excluding hydrogens is 280 g/mol. The van der Waals surface area contributed by atoms with Crippen molar-refractivity contribution in [2.75, 3.05) is 11.9 Å². The van der Waals surface area contributed by atoms with Crippen molar-refractivity contribution < 1.29 is 14.6 Å². The molecule has 0 radical (unpaired) electrons. The monoisotopic (exact) mass is 296 g/mol. The van der Waals surface area contributed by atoms with E-state index >= 15 is 0 Å². The molecule has 0 unspecified atom stereocenters. The molecule has 0 saturated carbocycles. The average Bonchev–Trinajstić information content (AvgIpc) is 2.53. The maximum absolute atomic E-state index is 11.9. The molecule has 2 aromatic rings. The minimum absolute atomic E-state index is 0.161. The van der Waals surface area contributed by atoms with Gasteiger partial charge in [-0.15, -0.1) is 0 Å². The van der Waals surface area contributed by atoms with E-state index in [4.69, 9.17) is 10.00 Å². The summed E-state index contributed by atoms with van der Waals surface area (Å²) in [6.45, 7) is 3.30. The van der Waals surface area contributed by atoms with Gasteiger partial charge in [0.2, 0.25) is 0 Å². The zero-order chi connectivity index (χ0) is 16.1. The van der Waals surface area contributed by atoms with Gasteiger partial charge < -0.3 is 15.2 Å². The van der Waals surface area contributed by atoms with Gasteiger partial charge in [-0.3, -0.25) is 4.79 Å². The number of hydrogen-bond donors (Lipinski definition) is 2. The number of phenolic OH excluding ortho intramolecular Hbond substituents is 1. The van der Waals surface area contributed by atoms with Crippen molar-refractivity contribution in [3.63, 3.8) is 0 Å². The van der Waals surface area contributed by atoms with E-state index in [9.17, 15) is 9.90 Å². The van der Waals surface area contributed by atoms with E-state index in [1.54, 1.807) is 50.2 Å². The number of hydrogen-bond acceptors (Lipinski definition) is 4. The summed E-state index contributed by atoms with van der Waals surface area (Å²) >= 11 is 0. The fourth-order valence-electron chi connectivity index (χ4n) is 1.99. The van der Waals surface area contributed by atoms with E-state index in [0.717, 1.165) is 5.56 Å². The molecule has 0 atom stereocenters. The predicted octanol–water partition coefficient (Wildman–Crippen LogP) is 2.90. The van der Waals surface area contributed by atoms with Crippen LogP contribution in [0.15, 0.2) is 36.4 Å². The number of benzene rings is 2. The quantitative estimate of drug-likeness (QED) is 0.908. The number of carbonyl (C=O) groups is 1. The minimum Gasteiger partial charge on any atom is -0.507 e. The van der Waals surface area contributed by atoms with Crippen LogP contribution >= 0.6 is 0 Å². The Morgan fingerprint density at radius 3 is 2.73 bits per heavy atom. The van der Waals surface area contributed by atoms with Crippen LogP contribution in [-0.2, 0) is 4.79 Å². The van der Waals surface area contributed by atoms with E-state index in [1.807, 2.05) is 6.07 Å². The zero-order valence-corrected chi connectivity index (χ0v) is 12.4. The largest absolute Gasteiger partial charge is 0.507 e. The van der Waals surface area contributed by atoms with Crippen LogP contribution in [0.1, 0.15) is 16.7 Å². The van der Waals surface area contributed by atoms with Gasteiger partial charge in [-0.25, -0.2) is 0 Å². The number of phenols is 1. The third kappa shape index (κ3) is 3.36. The number of carbonyl (C=O) groups excluding carboxylic acids is 1. The number of nitrogens with zero attached hydrogens (tertiary/aromatic N) is 1. The molecule has 22 heavy (non-hydrogen) atoms. The van der Waals surface area contributed by atoms with Gasteiger partial charge in [0, 0.05) is 11.3 Å². The second kappa shape index (κ2) is 6.64. The lowest BCUT2D eigenvalue weighted by Crippen LogP contribution is -2.21. The van der Waals surface area contributed by atoms with Crippen molar-refractivity contribution in [1.82, 2.24) is 0 Å². The first-order valence-electron chi connectivity index (χ1n) is 6.74. The van der Waals surface area contributed by atoms with E-state index < -0.39 is 0 Å². The summed E-state index contributed by atoms with van der Waals surface area (Å²) < 4.78 is 5.36. The van der Waals surface area contributed by atoms with Gasteiger partial charge in [0.05, 0.1) is 5.56 Å². The molecule has 0 aliphatic heterocycles. The van der Waals surface area contributed by atoms with Gasteiger partial charge in [0.1, 0.15) is 17.6 Å². The van der Waals surface area contributed by atoms with Gasteiger partial charge in [-0.05, 0) is 37.6 Å². The number of anilines is 1. The summed E-state index contributed by atoms with van der Waals surface area (Å²) in [5, 5.41) is 21.5. The van der Waals surface area contributed by atoms with Gasteiger partial charge in [-0.2, -0.15) is 5.26 Å². The van der Waals surface area contributed by atoms with E-state index in [0.29, 0.717) is 22.6 Å². The van der Waals surface area contributed by atoms with E-state index in [2.05, 4.69) is 5.32 Å². The molecular formula is C17H16N2O3. The van der Waals surface area contributed by atoms with Crippen LogP contribution in [0, 0.1) is 25.2 Å². The number of aryl methyl sites for hydroxylation is 1. The van der Waals surface area contributed by atoms with Crippen LogP contribution in [0.3, 0.4) is 0 Å². The van der Waals surface area contributed by atoms with Crippen molar-refractivity contribution in [3.8, 4) is 17.6 Å². The Labute approximate surface area is 128 Å². The summed E-state index contributed by atoms with van der Waals surface area (Å²) in [4.78, 5) is 11.9. The highest BCUT2D eigenvalue weighted by Crippen LogP contribution is 2.28. The smallest absolute Gasteiger partial charge is 0.262 e. The van der Waals surface area contributed by atoms with Gasteiger partial charge >= 0.3 is 0 Å². The number of nitriles is 1. The Bertz CT molecular complexity index is 748. The molecule has 0 saturated heterocycles. The fourth-order valence-corrected chi connectivity index (χ4v) is 1.99. The molecule has 0 aliphatic rings. The van der Waals surface area contributed by atoms with Crippen LogP contribution in [0.2, 0.25) is 0 Å². The molecule has 0 spiro atoms. The highest BCUT2D eigenvalue weighted by atomic mass is 16.5. The Morgan fingerprint density at radius 1 is 1.27 bits per heavy atom. The number of amides is 1. The highest BCUT2D eigenvalue weighted by Gasteiger charge is 2.10. The molecule has 0 heterocycles. The van der Waals surface area contributed by atoms with Gasteiger partial charge in [0.15, 0.2) is 6.61 Å². The standard InChI is InChI=1S/C17H16N2O3/c1-11-7-8-14(12(2)17(11)21)19-16(20)10-22-15-6-4-3-5-13(15)9-18/h3-8,21H,10H2,1-2H3,(H,19,20). The first-order valence-corrected chi connectivity index (χ1v) is 6.74. The van der Waals surface area contributed by atoms with Crippen LogP contribution in [-0.4, -0.2) is 17.6 Å².